The van der Waals surface area contributed by atoms with Crippen LogP contribution in [0.4, 0.5) is 0 Å². The van der Waals surface area contributed by atoms with E-state index in [1.807, 2.05) is 0 Å². The van der Waals surface area contributed by atoms with E-state index >= 15 is 0 Å². The van der Waals surface area contributed by atoms with Gasteiger partial charge in [0.25, 0.3) is 0 Å². The van der Waals surface area contributed by atoms with E-state index in [0.717, 1.165) is 25.1 Å². The lowest BCUT2D eigenvalue weighted by atomic mass is 9.85. The van der Waals surface area contributed by atoms with Crippen LogP contribution >= 0.6 is 0 Å². The molecule has 0 heterocycles. The van der Waals surface area contributed by atoms with E-state index < -0.39 is 0 Å². The standard InChI is InChI=1S/C19H27NO/c1-15-7-5-6-10-17(15)14-21-19(13-20-18-11-12-18)16-8-3-2-4-9-16/h2-6,8-9,15,17-20H,7,10-14H2,1H3. The summed E-state index contributed by atoms with van der Waals surface area (Å²) in [7, 11) is 0. The lowest BCUT2D eigenvalue weighted by Crippen LogP contribution is -2.28. The predicted octanol–water partition coefficient (Wildman–Crippen LogP) is 4.10. The molecule has 3 rings (SSSR count). The predicted molar refractivity (Wildman–Crippen MR) is 87.2 cm³/mol. The highest BCUT2D eigenvalue weighted by Crippen LogP contribution is 2.28. The minimum Gasteiger partial charge on any atom is -0.372 e. The van der Waals surface area contributed by atoms with Gasteiger partial charge in [-0.3, -0.25) is 0 Å². The van der Waals surface area contributed by atoms with E-state index in [9.17, 15) is 0 Å². The van der Waals surface area contributed by atoms with Crippen LogP contribution < -0.4 is 5.32 Å². The molecule has 0 bridgehead atoms. The molecule has 3 unspecified atom stereocenters. The second-order valence-electron chi connectivity index (χ2n) is 6.60. The average Bonchev–Trinajstić information content (AvgIpc) is 3.34. The summed E-state index contributed by atoms with van der Waals surface area (Å²) in [5.41, 5.74) is 1.30. The Bertz CT molecular complexity index is 452. The molecule has 2 heteroatoms. The molecule has 2 aliphatic rings. The first-order chi connectivity index (χ1) is 10.3. The van der Waals surface area contributed by atoms with Crippen molar-refractivity contribution in [3.05, 3.63) is 48.0 Å². The molecular weight excluding hydrogens is 258 g/mol. The van der Waals surface area contributed by atoms with Crippen molar-refractivity contribution in [2.45, 2.75) is 44.8 Å². The summed E-state index contributed by atoms with van der Waals surface area (Å²) in [5.74, 6) is 1.41. The van der Waals surface area contributed by atoms with Gasteiger partial charge in [-0.15, -0.1) is 0 Å². The van der Waals surface area contributed by atoms with Crippen LogP contribution in [0.15, 0.2) is 42.5 Å². The van der Waals surface area contributed by atoms with Gasteiger partial charge >= 0.3 is 0 Å². The van der Waals surface area contributed by atoms with Crippen LogP contribution in [-0.4, -0.2) is 19.2 Å². The minimum absolute atomic E-state index is 0.185. The summed E-state index contributed by atoms with van der Waals surface area (Å²) in [6.45, 7) is 4.15. The van der Waals surface area contributed by atoms with Crippen molar-refractivity contribution in [2.24, 2.45) is 11.8 Å². The van der Waals surface area contributed by atoms with Crippen molar-refractivity contribution < 1.29 is 4.74 Å². The zero-order chi connectivity index (χ0) is 14.5. The molecule has 1 aromatic rings. The molecule has 2 nitrogen and oxygen atoms in total. The largest absolute Gasteiger partial charge is 0.372 e. The van der Waals surface area contributed by atoms with Gasteiger partial charge in [-0.25, -0.2) is 0 Å². The van der Waals surface area contributed by atoms with Crippen molar-refractivity contribution in [1.82, 2.24) is 5.32 Å². The van der Waals surface area contributed by atoms with Gasteiger partial charge in [0.05, 0.1) is 12.7 Å². The Balaban J connectivity index is 1.57. The van der Waals surface area contributed by atoms with Gasteiger partial charge in [0.15, 0.2) is 0 Å². The van der Waals surface area contributed by atoms with Crippen LogP contribution in [0.3, 0.4) is 0 Å². The zero-order valence-electron chi connectivity index (χ0n) is 13.0. The Morgan fingerprint density at radius 1 is 1.14 bits per heavy atom. The van der Waals surface area contributed by atoms with Crippen molar-refractivity contribution in [3.63, 3.8) is 0 Å². The fraction of sp³-hybridized carbons (Fsp3) is 0.579. The normalized spacial score (nSPS) is 26.7. The number of hydrogen-bond donors (Lipinski definition) is 1. The first-order valence-electron chi connectivity index (χ1n) is 8.38. The second-order valence-corrected chi connectivity index (χ2v) is 6.60. The highest BCUT2D eigenvalue weighted by Gasteiger charge is 2.24. The molecule has 1 fully saturated rings. The van der Waals surface area contributed by atoms with E-state index in [1.54, 1.807) is 0 Å². The number of hydrogen-bond acceptors (Lipinski definition) is 2. The second kappa shape index (κ2) is 7.24. The van der Waals surface area contributed by atoms with Crippen LogP contribution in [0.1, 0.15) is 44.3 Å². The third-order valence-electron chi connectivity index (χ3n) is 4.77. The molecule has 0 amide bonds. The Hall–Kier alpha value is -1.12. The molecule has 1 aromatic carbocycles. The van der Waals surface area contributed by atoms with Gasteiger partial charge in [0, 0.05) is 12.6 Å². The first-order valence-corrected chi connectivity index (χ1v) is 8.38. The molecule has 2 aliphatic carbocycles. The van der Waals surface area contributed by atoms with Gasteiger partial charge in [0.2, 0.25) is 0 Å². The maximum absolute atomic E-state index is 6.32. The molecule has 1 saturated carbocycles. The van der Waals surface area contributed by atoms with E-state index in [1.165, 1.54) is 31.2 Å². The summed E-state index contributed by atoms with van der Waals surface area (Å²) in [6, 6.07) is 11.4. The molecule has 114 valence electrons. The summed E-state index contributed by atoms with van der Waals surface area (Å²) in [5, 5.41) is 3.62. The van der Waals surface area contributed by atoms with E-state index in [4.69, 9.17) is 4.74 Å². The first kappa shape index (κ1) is 14.8. The number of allylic oxidation sites excluding steroid dienone is 2. The molecule has 0 radical (unpaired) electrons. The fourth-order valence-corrected chi connectivity index (χ4v) is 2.98. The third-order valence-corrected chi connectivity index (χ3v) is 4.77. The number of rotatable bonds is 7. The molecule has 0 aliphatic heterocycles. The summed E-state index contributed by atoms with van der Waals surface area (Å²) in [4.78, 5) is 0. The van der Waals surface area contributed by atoms with Crippen molar-refractivity contribution >= 4 is 0 Å². The Labute approximate surface area is 128 Å². The molecule has 0 spiro atoms. The van der Waals surface area contributed by atoms with E-state index in [0.29, 0.717) is 5.92 Å². The SMILES string of the molecule is CC1CC=CCC1COC(CNC1CC1)c1ccccc1. The lowest BCUT2D eigenvalue weighted by Gasteiger charge is -2.28. The molecular formula is C19H27NO. The van der Waals surface area contributed by atoms with Crippen molar-refractivity contribution in [3.8, 4) is 0 Å². The van der Waals surface area contributed by atoms with Gasteiger partial charge in [-0.1, -0.05) is 49.4 Å². The highest BCUT2D eigenvalue weighted by atomic mass is 16.5. The van der Waals surface area contributed by atoms with Gasteiger partial charge in [-0.05, 0) is 43.1 Å². The summed E-state index contributed by atoms with van der Waals surface area (Å²) < 4.78 is 6.32. The number of nitrogens with one attached hydrogen (secondary N) is 1. The summed E-state index contributed by atoms with van der Waals surface area (Å²) in [6.07, 6.45) is 9.82. The van der Waals surface area contributed by atoms with Crippen LogP contribution in [0.2, 0.25) is 0 Å². The van der Waals surface area contributed by atoms with E-state index in [2.05, 4.69) is 54.7 Å². The number of ether oxygens (including phenoxy) is 1. The molecule has 0 saturated heterocycles. The van der Waals surface area contributed by atoms with Crippen LogP contribution in [0, 0.1) is 11.8 Å². The molecule has 0 aromatic heterocycles. The molecule has 3 atom stereocenters. The van der Waals surface area contributed by atoms with E-state index in [-0.39, 0.29) is 6.10 Å². The van der Waals surface area contributed by atoms with Crippen LogP contribution in [0.25, 0.3) is 0 Å². The Kier molecular flexibility index (Phi) is 5.10. The van der Waals surface area contributed by atoms with Crippen molar-refractivity contribution in [2.75, 3.05) is 13.2 Å². The molecule has 1 N–H and O–H groups in total. The maximum atomic E-state index is 6.32. The zero-order valence-corrected chi connectivity index (χ0v) is 13.0. The average molecular weight is 285 g/mol. The lowest BCUT2D eigenvalue weighted by molar-refractivity contribution is 0.0155. The number of benzene rings is 1. The van der Waals surface area contributed by atoms with Gasteiger partial charge < -0.3 is 10.1 Å². The van der Waals surface area contributed by atoms with Gasteiger partial charge in [-0.2, -0.15) is 0 Å². The maximum Gasteiger partial charge on any atom is 0.0949 e. The highest BCUT2D eigenvalue weighted by molar-refractivity contribution is 5.18. The minimum atomic E-state index is 0.185. The fourth-order valence-electron chi connectivity index (χ4n) is 2.98. The Morgan fingerprint density at radius 3 is 2.62 bits per heavy atom. The third kappa shape index (κ3) is 4.42. The quantitative estimate of drug-likeness (QED) is 0.762. The topological polar surface area (TPSA) is 21.3 Å². The van der Waals surface area contributed by atoms with Crippen LogP contribution in [0.5, 0.6) is 0 Å². The molecule has 21 heavy (non-hydrogen) atoms. The Morgan fingerprint density at radius 2 is 1.90 bits per heavy atom. The summed E-state index contributed by atoms with van der Waals surface area (Å²) >= 11 is 0. The van der Waals surface area contributed by atoms with Gasteiger partial charge in [0.1, 0.15) is 0 Å². The van der Waals surface area contributed by atoms with Crippen molar-refractivity contribution in [1.29, 1.82) is 0 Å². The monoisotopic (exact) mass is 285 g/mol. The smallest absolute Gasteiger partial charge is 0.0949 e. The van der Waals surface area contributed by atoms with Crippen LogP contribution in [-0.2, 0) is 4.74 Å².